The molecule has 0 aliphatic heterocycles. The zero-order valence-electron chi connectivity index (χ0n) is 8.55. The maximum Gasteiger partial charge on any atom is 0.411 e. The molecule has 1 N–H and O–H groups in total. The molecule has 0 bridgehead atoms. The maximum atomic E-state index is 11.7. The first kappa shape index (κ1) is 14.2. The van der Waals surface area contributed by atoms with Crippen molar-refractivity contribution in [2.24, 2.45) is 0 Å². The number of carbonyl (C=O) groups is 1. The van der Waals surface area contributed by atoms with E-state index in [2.05, 4.69) is 32.6 Å². The molecule has 0 saturated heterocycles. The molecule has 3 nitrogen and oxygen atoms in total. The average molecular weight is 359 g/mol. The highest BCUT2D eigenvalue weighted by Gasteiger charge is 2.27. The molecule has 1 amide bonds. The first-order valence-corrected chi connectivity index (χ1v) is 5.64. The number of anilines is 1. The highest BCUT2D eigenvalue weighted by atomic mass is 127. The van der Waals surface area contributed by atoms with Gasteiger partial charge in [-0.25, -0.2) is 0 Å². The fourth-order valence-corrected chi connectivity index (χ4v) is 1.57. The van der Waals surface area contributed by atoms with Gasteiger partial charge in [0.2, 0.25) is 5.91 Å². The zero-order chi connectivity index (χ0) is 12.9. The SMILES string of the molecule is O=C(COCC(F)(F)F)Nc1cccc(I)c1. The van der Waals surface area contributed by atoms with Crippen molar-refractivity contribution in [3.05, 3.63) is 27.8 Å². The van der Waals surface area contributed by atoms with Crippen molar-refractivity contribution in [1.82, 2.24) is 0 Å². The van der Waals surface area contributed by atoms with Gasteiger partial charge in [0.1, 0.15) is 13.2 Å². The minimum absolute atomic E-state index is 0.525. The fraction of sp³-hybridized carbons (Fsp3) is 0.300. The van der Waals surface area contributed by atoms with Gasteiger partial charge in [-0.2, -0.15) is 13.2 Å². The quantitative estimate of drug-likeness (QED) is 0.840. The molecule has 0 spiro atoms. The number of halogens is 4. The molecule has 0 aliphatic rings. The fourth-order valence-electron chi connectivity index (χ4n) is 1.02. The van der Waals surface area contributed by atoms with E-state index < -0.39 is 25.3 Å². The third-order valence-corrected chi connectivity index (χ3v) is 2.28. The number of hydrogen-bond acceptors (Lipinski definition) is 2. The summed E-state index contributed by atoms with van der Waals surface area (Å²) in [6.07, 6.45) is -4.41. The van der Waals surface area contributed by atoms with Gasteiger partial charge < -0.3 is 10.1 Å². The van der Waals surface area contributed by atoms with E-state index in [1.54, 1.807) is 18.2 Å². The summed E-state index contributed by atoms with van der Waals surface area (Å²) in [5.41, 5.74) is 0.525. The highest BCUT2D eigenvalue weighted by molar-refractivity contribution is 14.1. The van der Waals surface area contributed by atoms with E-state index >= 15 is 0 Å². The van der Waals surface area contributed by atoms with E-state index in [0.29, 0.717) is 5.69 Å². The van der Waals surface area contributed by atoms with Crippen molar-refractivity contribution < 1.29 is 22.7 Å². The van der Waals surface area contributed by atoms with Crippen LogP contribution in [0.15, 0.2) is 24.3 Å². The smallest absolute Gasteiger partial charge is 0.362 e. The van der Waals surface area contributed by atoms with E-state index in [1.807, 2.05) is 6.07 Å². The molecular weight excluding hydrogens is 350 g/mol. The predicted molar refractivity (Wildman–Crippen MR) is 64.7 cm³/mol. The lowest BCUT2D eigenvalue weighted by Gasteiger charge is -2.08. The first-order chi connectivity index (χ1) is 7.87. The van der Waals surface area contributed by atoms with Crippen LogP contribution in [0.2, 0.25) is 0 Å². The second-order valence-corrected chi connectivity index (χ2v) is 4.41. The third-order valence-electron chi connectivity index (χ3n) is 1.61. The van der Waals surface area contributed by atoms with Crippen LogP contribution >= 0.6 is 22.6 Å². The Kier molecular flexibility index (Phi) is 5.19. The molecule has 0 saturated carbocycles. The molecule has 0 radical (unpaired) electrons. The van der Waals surface area contributed by atoms with E-state index in [4.69, 9.17) is 0 Å². The van der Waals surface area contributed by atoms with Crippen molar-refractivity contribution in [2.75, 3.05) is 18.5 Å². The Labute approximate surface area is 109 Å². The van der Waals surface area contributed by atoms with Gasteiger partial charge in [-0.15, -0.1) is 0 Å². The Morgan fingerprint density at radius 2 is 2.12 bits per heavy atom. The summed E-state index contributed by atoms with van der Waals surface area (Å²) in [7, 11) is 0. The van der Waals surface area contributed by atoms with Crippen LogP contribution in [-0.4, -0.2) is 25.3 Å². The molecule has 0 fully saturated rings. The minimum atomic E-state index is -4.41. The summed E-state index contributed by atoms with van der Waals surface area (Å²) in [5.74, 6) is -0.615. The summed E-state index contributed by atoms with van der Waals surface area (Å²) in [5, 5.41) is 2.43. The number of carbonyl (C=O) groups excluding carboxylic acids is 1. The molecule has 0 aliphatic carbocycles. The largest absolute Gasteiger partial charge is 0.411 e. The van der Waals surface area contributed by atoms with Gasteiger partial charge in [0.15, 0.2) is 0 Å². The zero-order valence-corrected chi connectivity index (χ0v) is 10.7. The highest BCUT2D eigenvalue weighted by Crippen LogP contribution is 2.15. The lowest BCUT2D eigenvalue weighted by atomic mass is 10.3. The van der Waals surface area contributed by atoms with Gasteiger partial charge in [0, 0.05) is 9.26 Å². The van der Waals surface area contributed by atoms with Crippen LogP contribution in [0.25, 0.3) is 0 Å². The summed E-state index contributed by atoms with van der Waals surface area (Å²) >= 11 is 2.06. The number of hydrogen-bond donors (Lipinski definition) is 1. The van der Waals surface area contributed by atoms with Gasteiger partial charge in [-0.3, -0.25) is 4.79 Å². The van der Waals surface area contributed by atoms with E-state index in [0.717, 1.165) is 3.57 Å². The van der Waals surface area contributed by atoms with Gasteiger partial charge in [0.05, 0.1) is 0 Å². The number of nitrogens with one attached hydrogen (secondary N) is 1. The lowest BCUT2D eigenvalue weighted by Crippen LogP contribution is -2.23. The number of ether oxygens (including phenoxy) is 1. The molecule has 1 aromatic carbocycles. The van der Waals surface area contributed by atoms with Crippen LogP contribution in [0.5, 0.6) is 0 Å². The van der Waals surface area contributed by atoms with Crippen LogP contribution in [0.1, 0.15) is 0 Å². The molecular formula is C10H9F3INO2. The van der Waals surface area contributed by atoms with E-state index in [1.165, 1.54) is 0 Å². The Morgan fingerprint density at radius 3 is 2.71 bits per heavy atom. The number of benzene rings is 1. The van der Waals surface area contributed by atoms with E-state index in [9.17, 15) is 18.0 Å². The minimum Gasteiger partial charge on any atom is -0.362 e. The van der Waals surface area contributed by atoms with Crippen LogP contribution < -0.4 is 5.32 Å². The molecule has 0 unspecified atom stereocenters. The van der Waals surface area contributed by atoms with Gasteiger partial charge in [-0.1, -0.05) is 6.07 Å². The van der Waals surface area contributed by atoms with Crippen molar-refractivity contribution in [3.63, 3.8) is 0 Å². The molecule has 1 aromatic rings. The average Bonchev–Trinajstić information content (AvgIpc) is 2.15. The van der Waals surface area contributed by atoms with Crippen LogP contribution in [0.3, 0.4) is 0 Å². The summed E-state index contributed by atoms with van der Waals surface area (Å²) in [4.78, 5) is 11.2. The normalized spacial score (nSPS) is 11.3. The van der Waals surface area contributed by atoms with E-state index in [-0.39, 0.29) is 0 Å². The Morgan fingerprint density at radius 1 is 1.41 bits per heavy atom. The lowest BCUT2D eigenvalue weighted by molar-refractivity contribution is -0.174. The van der Waals surface area contributed by atoms with Gasteiger partial charge >= 0.3 is 6.18 Å². The monoisotopic (exact) mass is 359 g/mol. The standard InChI is InChI=1S/C10H9F3INO2/c11-10(12,13)6-17-5-9(16)15-8-3-1-2-7(14)4-8/h1-4H,5-6H2,(H,15,16). The summed E-state index contributed by atoms with van der Waals surface area (Å²) < 4.78 is 40.3. The summed E-state index contributed by atoms with van der Waals surface area (Å²) in [6.45, 7) is -2.04. The first-order valence-electron chi connectivity index (χ1n) is 4.57. The topological polar surface area (TPSA) is 38.3 Å². The van der Waals surface area contributed by atoms with Crippen molar-refractivity contribution in [1.29, 1.82) is 0 Å². The Balaban J connectivity index is 2.35. The van der Waals surface area contributed by atoms with Crippen LogP contribution in [0.4, 0.5) is 18.9 Å². The summed E-state index contributed by atoms with van der Waals surface area (Å²) in [6, 6.07) is 6.90. The van der Waals surface area contributed by atoms with Crippen LogP contribution in [-0.2, 0) is 9.53 Å². The number of amides is 1. The second-order valence-electron chi connectivity index (χ2n) is 3.17. The number of alkyl halides is 3. The molecule has 1 rings (SSSR count). The van der Waals surface area contributed by atoms with Crippen LogP contribution in [0, 0.1) is 3.57 Å². The second kappa shape index (κ2) is 6.20. The number of rotatable bonds is 4. The van der Waals surface area contributed by atoms with Gasteiger partial charge in [0.25, 0.3) is 0 Å². The molecule has 0 heterocycles. The maximum absolute atomic E-state index is 11.7. The van der Waals surface area contributed by atoms with Crippen molar-refractivity contribution >= 4 is 34.2 Å². The van der Waals surface area contributed by atoms with Crippen molar-refractivity contribution in [3.8, 4) is 0 Å². The predicted octanol–water partition coefficient (Wildman–Crippen LogP) is 2.81. The van der Waals surface area contributed by atoms with Crippen molar-refractivity contribution in [2.45, 2.75) is 6.18 Å². The molecule has 17 heavy (non-hydrogen) atoms. The Bertz CT molecular complexity index is 395. The molecule has 0 atom stereocenters. The third kappa shape index (κ3) is 6.47. The molecule has 0 aromatic heterocycles. The van der Waals surface area contributed by atoms with Gasteiger partial charge in [-0.05, 0) is 40.8 Å². The Hall–Kier alpha value is -0.830. The molecule has 7 heteroatoms. The molecule has 94 valence electrons.